The van der Waals surface area contributed by atoms with E-state index >= 15 is 0 Å². The van der Waals surface area contributed by atoms with Crippen LogP contribution in [0.4, 0.5) is 0 Å². The van der Waals surface area contributed by atoms with Crippen molar-refractivity contribution in [1.82, 2.24) is 4.90 Å². The molecule has 1 aliphatic heterocycles. The van der Waals surface area contributed by atoms with Crippen LogP contribution in [0.2, 0.25) is 0 Å². The number of hydrogen-bond acceptors (Lipinski definition) is 5. The Balaban J connectivity index is 1.77. The van der Waals surface area contributed by atoms with Crippen LogP contribution in [-0.4, -0.2) is 36.7 Å². The Morgan fingerprint density at radius 1 is 1.18 bits per heavy atom. The molecule has 6 nitrogen and oxygen atoms in total. The Labute approximate surface area is 200 Å². The van der Waals surface area contributed by atoms with Crippen molar-refractivity contribution in [3.8, 4) is 5.75 Å². The fraction of sp³-hybridized carbons (Fsp3) is 0.308. The van der Waals surface area contributed by atoms with Gasteiger partial charge in [-0.3, -0.25) is 9.59 Å². The van der Waals surface area contributed by atoms with E-state index in [1.54, 1.807) is 29.2 Å². The number of carbonyl (C=O) groups excluding carboxylic acids is 1. The monoisotopic (exact) mass is 511 g/mol. The molecule has 172 valence electrons. The highest BCUT2D eigenvalue weighted by molar-refractivity contribution is 9.10. The SMILES string of the molecule is C=CCOc1ccc(C2c3c(oc4ccc(Br)cc4c3=O)C(=O)N2CCCOC(C)C)cc1. The Bertz CT molecular complexity index is 1230. The van der Waals surface area contributed by atoms with Crippen molar-refractivity contribution in [2.45, 2.75) is 32.4 Å². The lowest BCUT2D eigenvalue weighted by Crippen LogP contribution is -2.31. The summed E-state index contributed by atoms with van der Waals surface area (Å²) in [7, 11) is 0. The zero-order chi connectivity index (χ0) is 23.5. The maximum absolute atomic E-state index is 13.6. The lowest BCUT2D eigenvalue weighted by molar-refractivity contribution is 0.0593. The van der Waals surface area contributed by atoms with E-state index in [4.69, 9.17) is 13.9 Å². The molecule has 0 spiro atoms. The second-order valence-corrected chi connectivity index (χ2v) is 9.07. The predicted octanol–water partition coefficient (Wildman–Crippen LogP) is 5.48. The Hall–Kier alpha value is -2.90. The Kier molecular flexibility index (Phi) is 7.00. The fourth-order valence-electron chi connectivity index (χ4n) is 4.03. The minimum atomic E-state index is -0.542. The van der Waals surface area contributed by atoms with E-state index in [1.165, 1.54) is 0 Å². The molecule has 0 saturated carbocycles. The lowest BCUT2D eigenvalue weighted by atomic mass is 9.98. The third-order valence-corrected chi connectivity index (χ3v) is 5.98. The second kappa shape index (κ2) is 9.93. The van der Waals surface area contributed by atoms with Gasteiger partial charge in [0.2, 0.25) is 5.76 Å². The average molecular weight is 512 g/mol. The van der Waals surface area contributed by atoms with Crippen LogP contribution >= 0.6 is 15.9 Å². The van der Waals surface area contributed by atoms with Gasteiger partial charge >= 0.3 is 0 Å². The molecule has 0 fully saturated rings. The summed E-state index contributed by atoms with van der Waals surface area (Å²) in [5.41, 5.74) is 1.39. The molecule has 2 aromatic carbocycles. The molecule has 3 aromatic rings. The smallest absolute Gasteiger partial charge is 0.290 e. The standard InChI is InChI=1S/C26H26BrNO5/c1-4-13-32-19-9-6-17(7-10-19)23-22-24(29)20-15-18(27)8-11-21(20)33-25(22)26(30)28(23)12-5-14-31-16(2)3/h4,6-11,15-16,23H,1,5,12-14H2,2-3H3. The van der Waals surface area contributed by atoms with Crippen LogP contribution in [0.1, 0.15) is 48.0 Å². The normalized spacial score (nSPS) is 15.3. The number of amides is 1. The number of benzene rings is 2. The lowest BCUT2D eigenvalue weighted by Gasteiger charge is -2.25. The van der Waals surface area contributed by atoms with Gasteiger partial charge in [0.15, 0.2) is 5.43 Å². The number of rotatable bonds is 9. The minimum absolute atomic E-state index is 0.108. The third kappa shape index (κ3) is 4.75. The quantitative estimate of drug-likeness (QED) is 0.281. The van der Waals surface area contributed by atoms with Crippen LogP contribution in [-0.2, 0) is 4.74 Å². The molecule has 2 heterocycles. The summed E-state index contributed by atoms with van der Waals surface area (Å²) in [6.45, 7) is 8.97. The maximum Gasteiger partial charge on any atom is 0.290 e. The highest BCUT2D eigenvalue weighted by Crippen LogP contribution is 2.39. The molecule has 0 saturated heterocycles. The molecule has 1 unspecified atom stereocenters. The third-order valence-electron chi connectivity index (χ3n) is 5.49. The molecule has 1 amide bonds. The average Bonchev–Trinajstić information content (AvgIpc) is 3.08. The van der Waals surface area contributed by atoms with Gasteiger partial charge in [-0.25, -0.2) is 0 Å². The van der Waals surface area contributed by atoms with E-state index in [0.717, 1.165) is 10.0 Å². The predicted molar refractivity (Wildman–Crippen MR) is 131 cm³/mol. The number of fused-ring (bicyclic) bond motifs is 2. The van der Waals surface area contributed by atoms with Crippen molar-refractivity contribution in [2.75, 3.05) is 19.8 Å². The van der Waals surface area contributed by atoms with E-state index in [-0.39, 0.29) is 23.2 Å². The molecule has 7 heteroatoms. The molecular formula is C26H26BrNO5. The molecule has 1 atom stereocenters. The molecule has 1 aromatic heterocycles. The van der Waals surface area contributed by atoms with Crippen molar-refractivity contribution >= 4 is 32.8 Å². The van der Waals surface area contributed by atoms with Gasteiger partial charge in [-0.15, -0.1) is 0 Å². The molecule has 33 heavy (non-hydrogen) atoms. The molecule has 0 aliphatic carbocycles. The summed E-state index contributed by atoms with van der Waals surface area (Å²) in [5, 5.41) is 0.442. The summed E-state index contributed by atoms with van der Waals surface area (Å²) in [4.78, 5) is 28.6. The van der Waals surface area contributed by atoms with E-state index in [1.807, 2.05) is 38.1 Å². The van der Waals surface area contributed by atoms with Gasteiger partial charge in [-0.1, -0.05) is 40.7 Å². The van der Waals surface area contributed by atoms with Crippen molar-refractivity contribution < 1.29 is 18.7 Å². The van der Waals surface area contributed by atoms with Gasteiger partial charge in [0.05, 0.1) is 23.1 Å². The molecule has 0 N–H and O–H groups in total. The first-order valence-corrected chi connectivity index (χ1v) is 11.7. The summed E-state index contributed by atoms with van der Waals surface area (Å²) in [6, 6.07) is 12.1. The summed E-state index contributed by atoms with van der Waals surface area (Å²) in [5.74, 6) is 0.514. The number of carbonyl (C=O) groups is 1. The van der Waals surface area contributed by atoms with Gasteiger partial charge in [0, 0.05) is 17.6 Å². The first-order valence-electron chi connectivity index (χ1n) is 10.9. The number of hydrogen-bond donors (Lipinski definition) is 0. The number of ether oxygens (including phenoxy) is 2. The highest BCUT2D eigenvalue weighted by atomic mass is 79.9. The second-order valence-electron chi connectivity index (χ2n) is 8.16. The Morgan fingerprint density at radius 2 is 1.94 bits per heavy atom. The van der Waals surface area contributed by atoms with Crippen LogP contribution < -0.4 is 10.2 Å². The van der Waals surface area contributed by atoms with Gasteiger partial charge in [-0.05, 0) is 56.2 Å². The van der Waals surface area contributed by atoms with Gasteiger partial charge in [0.1, 0.15) is 17.9 Å². The van der Waals surface area contributed by atoms with E-state index in [9.17, 15) is 9.59 Å². The molecule has 4 rings (SSSR count). The van der Waals surface area contributed by atoms with E-state index < -0.39 is 6.04 Å². The van der Waals surface area contributed by atoms with Crippen LogP contribution in [0.25, 0.3) is 11.0 Å². The molecule has 1 aliphatic rings. The topological polar surface area (TPSA) is 69.0 Å². The first kappa shape index (κ1) is 23.3. The van der Waals surface area contributed by atoms with Crippen molar-refractivity contribution in [3.63, 3.8) is 0 Å². The zero-order valence-corrected chi connectivity index (χ0v) is 20.3. The number of halogens is 1. The molecular weight excluding hydrogens is 486 g/mol. The first-order chi connectivity index (χ1) is 15.9. The van der Waals surface area contributed by atoms with Gasteiger partial charge in [0.25, 0.3) is 5.91 Å². The molecule has 0 radical (unpaired) electrons. The fourth-order valence-corrected chi connectivity index (χ4v) is 4.39. The highest BCUT2D eigenvalue weighted by Gasteiger charge is 2.42. The van der Waals surface area contributed by atoms with E-state index in [2.05, 4.69) is 22.5 Å². The minimum Gasteiger partial charge on any atom is -0.490 e. The largest absolute Gasteiger partial charge is 0.490 e. The van der Waals surface area contributed by atoms with Crippen molar-refractivity contribution in [1.29, 1.82) is 0 Å². The van der Waals surface area contributed by atoms with Gasteiger partial charge < -0.3 is 18.8 Å². The number of nitrogens with zero attached hydrogens (tertiary/aromatic N) is 1. The Morgan fingerprint density at radius 3 is 2.64 bits per heavy atom. The zero-order valence-electron chi connectivity index (χ0n) is 18.7. The summed E-state index contributed by atoms with van der Waals surface area (Å²) >= 11 is 3.42. The van der Waals surface area contributed by atoms with Crippen LogP contribution in [0.3, 0.4) is 0 Å². The van der Waals surface area contributed by atoms with Gasteiger partial charge in [-0.2, -0.15) is 0 Å². The van der Waals surface area contributed by atoms with E-state index in [0.29, 0.717) is 48.5 Å². The van der Waals surface area contributed by atoms with Crippen molar-refractivity contribution in [2.24, 2.45) is 0 Å². The summed E-state index contributed by atoms with van der Waals surface area (Å²) in [6.07, 6.45) is 2.44. The van der Waals surface area contributed by atoms with Crippen LogP contribution in [0.15, 0.2) is 68.8 Å². The molecule has 0 bridgehead atoms. The van der Waals surface area contributed by atoms with Crippen molar-refractivity contribution in [3.05, 3.63) is 86.7 Å². The maximum atomic E-state index is 13.6. The summed E-state index contributed by atoms with van der Waals surface area (Å²) < 4.78 is 18.0. The van der Waals surface area contributed by atoms with Crippen LogP contribution in [0, 0.1) is 0 Å². The van der Waals surface area contributed by atoms with Crippen LogP contribution in [0.5, 0.6) is 5.75 Å².